The Morgan fingerprint density at radius 2 is 1.89 bits per heavy atom. The van der Waals surface area contributed by atoms with Crippen molar-refractivity contribution in [3.05, 3.63) is 64.7 Å². The number of carbonyl (C=O) groups excluding carboxylic acids is 1. The molecule has 0 saturated heterocycles. The number of hydrogen-bond donors (Lipinski definition) is 1. The van der Waals surface area contributed by atoms with E-state index >= 15 is 0 Å². The second kappa shape index (κ2) is 5.61. The number of rotatable bonds is 3. The van der Waals surface area contributed by atoms with Crippen LogP contribution in [0, 0.1) is 0 Å². The summed E-state index contributed by atoms with van der Waals surface area (Å²) in [5, 5.41) is 10.8. The van der Waals surface area contributed by atoms with E-state index < -0.39 is 6.10 Å². The molecule has 0 aliphatic heterocycles. The molecule has 0 fully saturated rings. The lowest BCUT2D eigenvalue weighted by Crippen LogP contribution is -1.99. The van der Waals surface area contributed by atoms with Crippen LogP contribution in [-0.4, -0.2) is 11.2 Å². The van der Waals surface area contributed by atoms with Crippen molar-refractivity contribution in [2.24, 2.45) is 4.99 Å². The van der Waals surface area contributed by atoms with Crippen molar-refractivity contribution in [1.29, 1.82) is 0 Å². The smallest absolute Gasteiger partial charge is 0.240 e. The van der Waals surface area contributed by atoms with Gasteiger partial charge in [-0.25, -0.2) is 4.79 Å². The summed E-state index contributed by atoms with van der Waals surface area (Å²) < 4.78 is 0. The van der Waals surface area contributed by atoms with Crippen LogP contribution in [0.3, 0.4) is 0 Å². The number of isocyanates is 1. The van der Waals surface area contributed by atoms with Crippen molar-refractivity contribution in [3.8, 4) is 0 Å². The number of aliphatic imine (C=N–C) groups is 1. The van der Waals surface area contributed by atoms with Crippen molar-refractivity contribution in [2.75, 3.05) is 0 Å². The van der Waals surface area contributed by atoms with Crippen LogP contribution in [0.4, 0.5) is 5.69 Å². The zero-order valence-electron chi connectivity index (χ0n) is 9.38. The van der Waals surface area contributed by atoms with Crippen LogP contribution in [0.5, 0.6) is 0 Å². The third-order valence-corrected chi connectivity index (χ3v) is 2.80. The highest BCUT2D eigenvalue weighted by Crippen LogP contribution is 2.32. The van der Waals surface area contributed by atoms with Crippen LogP contribution >= 0.6 is 11.6 Å². The molecular formula is C14H10ClNO2. The van der Waals surface area contributed by atoms with E-state index in [0.717, 1.165) is 0 Å². The topological polar surface area (TPSA) is 49.7 Å². The average molecular weight is 260 g/mol. The number of nitrogens with zero attached hydrogens (tertiary/aromatic N) is 1. The molecule has 0 bridgehead atoms. The van der Waals surface area contributed by atoms with Gasteiger partial charge in [0.05, 0.1) is 5.69 Å². The first-order chi connectivity index (χ1) is 8.72. The van der Waals surface area contributed by atoms with Gasteiger partial charge in [-0.05, 0) is 23.8 Å². The third kappa shape index (κ3) is 2.66. The number of aliphatic hydroxyl groups is 1. The van der Waals surface area contributed by atoms with Crippen LogP contribution in [0.15, 0.2) is 53.5 Å². The van der Waals surface area contributed by atoms with Crippen LogP contribution in [0.25, 0.3) is 0 Å². The molecule has 1 N–H and O–H groups in total. The summed E-state index contributed by atoms with van der Waals surface area (Å²) in [4.78, 5) is 13.9. The molecule has 90 valence electrons. The maximum atomic E-state index is 10.4. The molecule has 4 heteroatoms. The Labute approximate surface area is 109 Å². The zero-order valence-corrected chi connectivity index (χ0v) is 10.1. The maximum Gasteiger partial charge on any atom is 0.240 e. The molecule has 18 heavy (non-hydrogen) atoms. The Kier molecular flexibility index (Phi) is 3.90. The van der Waals surface area contributed by atoms with Crippen LogP contribution < -0.4 is 0 Å². The molecule has 0 heterocycles. The minimum absolute atomic E-state index is 0.366. The highest BCUT2D eigenvalue weighted by Gasteiger charge is 2.14. The molecule has 0 spiro atoms. The van der Waals surface area contributed by atoms with Gasteiger partial charge >= 0.3 is 0 Å². The first-order valence-electron chi connectivity index (χ1n) is 5.32. The van der Waals surface area contributed by atoms with Gasteiger partial charge in [-0.1, -0.05) is 41.9 Å². The van der Waals surface area contributed by atoms with Gasteiger partial charge in [0, 0.05) is 10.6 Å². The van der Waals surface area contributed by atoms with E-state index in [2.05, 4.69) is 4.99 Å². The largest absolute Gasteiger partial charge is 0.384 e. The fourth-order valence-corrected chi connectivity index (χ4v) is 1.89. The van der Waals surface area contributed by atoms with E-state index in [-0.39, 0.29) is 0 Å². The molecule has 1 atom stereocenters. The van der Waals surface area contributed by atoms with Crippen molar-refractivity contribution in [1.82, 2.24) is 0 Å². The first kappa shape index (κ1) is 12.5. The summed E-state index contributed by atoms with van der Waals surface area (Å²) in [6.07, 6.45) is 0.593. The molecule has 1 unspecified atom stereocenters. The molecular weight excluding hydrogens is 250 g/mol. The minimum Gasteiger partial charge on any atom is -0.384 e. The SMILES string of the molecule is O=C=Nc1ccc(Cl)cc1C(O)c1ccccc1. The molecule has 2 aromatic carbocycles. The molecule has 0 amide bonds. The molecule has 0 saturated carbocycles. The Balaban J connectivity index is 2.49. The fourth-order valence-electron chi connectivity index (χ4n) is 1.71. The molecule has 0 radical (unpaired) electrons. The predicted molar refractivity (Wildman–Crippen MR) is 69.7 cm³/mol. The highest BCUT2D eigenvalue weighted by molar-refractivity contribution is 6.30. The molecule has 0 aliphatic carbocycles. The fraction of sp³-hybridized carbons (Fsp3) is 0.0714. The number of hydrogen-bond acceptors (Lipinski definition) is 3. The lowest BCUT2D eigenvalue weighted by Gasteiger charge is -2.13. The normalized spacial score (nSPS) is 11.7. The van der Waals surface area contributed by atoms with Crippen molar-refractivity contribution >= 4 is 23.4 Å². The minimum atomic E-state index is -0.878. The van der Waals surface area contributed by atoms with Gasteiger partial charge in [-0.2, -0.15) is 4.99 Å². The Morgan fingerprint density at radius 1 is 1.17 bits per heavy atom. The Hall–Kier alpha value is -1.93. The molecule has 0 aliphatic rings. The second-order valence-electron chi connectivity index (χ2n) is 3.72. The van der Waals surface area contributed by atoms with Gasteiger partial charge in [0.25, 0.3) is 0 Å². The van der Waals surface area contributed by atoms with Crippen LogP contribution in [0.2, 0.25) is 5.02 Å². The zero-order chi connectivity index (χ0) is 13.0. The molecule has 0 aromatic heterocycles. The van der Waals surface area contributed by atoms with Crippen molar-refractivity contribution in [2.45, 2.75) is 6.10 Å². The average Bonchev–Trinajstić information content (AvgIpc) is 2.41. The maximum absolute atomic E-state index is 10.4. The molecule has 3 nitrogen and oxygen atoms in total. The molecule has 2 rings (SSSR count). The summed E-state index contributed by atoms with van der Waals surface area (Å²) in [7, 11) is 0. The van der Waals surface area contributed by atoms with E-state index in [4.69, 9.17) is 11.6 Å². The lowest BCUT2D eigenvalue weighted by atomic mass is 10.00. The van der Waals surface area contributed by atoms with Crippen molar-refractivity contribution < 1.29 is 9.90 Å². The van der Waals surface area contributed by atoms with E-state index in [9.17, 15) is 9.90 Å². The number of benzene rings is 2. The summed E-state index contributed by atoms with van der Waals surface area (Å²) in [6, 6.07) is 13.9. The second-order valence-corrected chi connectivity index (χ2v) is 4.16. The van der Waals surface area contributed by atoms with Crippen LogP contribution in [-0.2, 0) is 4.79 Å². The standard InChI is InChI=1S/C14H10ClNO2/c15-11-6-7-13(16-9-17)12(8-11)14(18)10-4-2-1-3-5-10/h1-8,14,18H. The van der Waals surface area contributed by atoms with E-state index in [1.807, 2.05) is 18.2 Å². The third-order valence-electron chi connectivity index (χ3n) is 2.57. The lowest BCUT2D eigenvalue weighted by molar-refractivity contribution is 0.221. The Bertz CT molecular complexity index is 592. The Morgan fingerprint density at radius 3 is 2.56 bits per heavy atom. The predicted octanol–water partition coefficient (Wildman–Crippen LogP) is 3.39. The van der Waals surface area contributed by atoms with E-state index in [1.54, 1.807) is 30.3 Å². The first-order valence-corrected chi connectivity index (χ1v) is 5.70. The van der Waals surface area contributed by atoms with E-state index in [1.165, 1.54) is 6.08 Å². The summed E-state index contributed by atoms with van der Waals surface area (Å²) >= 11 is 5.90. The van der Waals surface area contributed by atoms with Gasteiger partial charge in [0.2, 0.25) is 6.08 Å². The van der Waals surface area contributed by atoms with Crippen LogP contribution in [0.1, 0.15) is 17.2 Å². The number of aliphatic hydroxyl groups excluding tert-OH is 1. The van der Waals surface area contributed by atoms with Crippen molar-refractivity contribution in [3.63, 3.8) is 0 Å². The van der Waals surface area contributed by atoms with Gasteiger partial charge in [-0.3, -0.25) is 0 Å². The van der Waals surface area contributed by atoms with Gasteiger partial charge in [0.15, 0.2) is 0 Å². The van der Waals surface area contributed by atoms with E-state index in [0.29, 0.717) is 21.8 Å². The summed E-state index contributed by atoms with van der Waals surface area (Å²) in [5.41, 5.74) is 1.56. The monoisotopic (exact) mass is 259 g/mol. The molecule has 2 aromatic rings. The summed E-state index contributed by atoms with van der Waals surface area (Å²) in [6.45, 7) is 0. The highest BCUT2D eigenvalue weighted by atomic mass is 35.5. The summed E-state index contributed by atoms with van der Waals surface area (Å²) in [5.74, 6) is 0. The van der Waals surface area contributed by atoms with Gasteiger partial charge < -0.3 is 5.11 Å². The number of halogens is 1. The van der Waals surface area contributed by atoms with Gasteiger partial charge in [-0.15, -0.1) is 0 Å². The quantitative estimate of drug-likeness (QED) is 0.678. The van der Waals surface area contributed by atoms with Gasteiger partial charge in [0.1, 0.15) is 6.10 Å².